The highest BCUT2D eigenvalue weighted by atomic mass is 35.5. The quantitative estimate of drug-likeness (QED) is 0.852. The molecule has 0 unspecified atom stereocenters. The van der Waals surface area contributed by atoms with Gasteiger partial charge in [0, 0.05) is 28.5 Å². The summed E-state index contributed by atoms with van der Waals surface area (Å²) < 4.78 is 4.37. The lowest BCUT2D eigenvalue weighted by Gasteiger charge is -2.12. The molecular formula is C13H16ClN3S. The van der Waals surface area contributed by atoms with Crippen LogP contribution in [0.2, 0.25) is 0 Å². The lowest BCUT2D eigenvalue weighted by Crippen LogP contribution is -2.13. The monoisotopic (exact) mass is 281 g/mol. The number of aromatic nitrogens is 2. The molecule has 2 rings (SSSR count). The first-order chi connectivity index (χ1) is 8.49. The van der Waals surface area contributed by atoms with Crippen LogP contribution in [0.4, 0.5) is 10.8 Å². The number of rotatable bonds is 3. The van der Waals surface area contributed by atoms with E-state index < -0.39 is 0 Å². The van der Waals surface area contributed by atoms with E-state index in [0.29, 0.717) is 5.88 Å². The Hall–Kier alpha value is -1.13. The third kappa shape index (κ3) is 3.21. The Bertz CT molecular complexity index is 531. The van der Waals surface area contributed by atoms with Crippen molar-refractivity contribution in [1.82, 2.24) is 9.36 Å². The van der Waals surface area contributed by atoms with Crippen molar-refractivity contribution in [3.05, 3.63) is 35.7 Å². The largest absolute Gasteiger partial charge is 0.330 e. The average Bonchev–Trinajstić information content (AvgIpc) is 2.77. The molecule has 0 aliphatic heterocycles. The van der Waals surface area contributed by atoms with Gasteiger partial charge in [0.2, 0.25) is 5.13 Å². The Balaban J connectivity index is 2.16. The summed E-state index contributed by atoms with van der Waals surface area (Å²) in [5.41, 5.74) is 2.06. The van der Waals surface area contributed by atoms with Crippen molar-refractivity contribution in [2.75, 3.05) is 5.32 Å². The van der Waals surface area contributed by atoms with E-state index in [0.717, 1.165) is 22.2 Å². The molecule has 0 radical (unpaired) electrons. The van der Waals surface area contributed by atoms with Crippen LogP contribution in [0.25, 0.3) is 0 Å². The maximum Gasteiger partial charge on any atom is 0.207 e. The van der Waals surface area contributed by atoms with Crippen LogP contribution in [0.3, 0.4) is 0 Å². The topological polar surface area (TPSA) is 37.8 Å². The molecule has 0 aliphatic rings. The lowest BCUT2D eigenvalue weighted by molar-refractivity contribution is 0.555. The molecule has 0 spiro atoms. The van der Waals surface area contributed by atoms with E-state index in [9.17, 15) is 0 Å². The summed E-state index contributed by atoms with van der Waals surface area (Å²) in [6.45, 7) is 6.31. The molecule has 1 N–H and O–H groups in total. The molecule has 0 fully saturated rings. The Morgan fingerprint density at radius 1 is 1.33 bits per heavy atom. The van der Waals surface area contributed by atoms with Crippen molar-refractivity contribution >= 4 is 34.0 Å². The molecule has 0 saturated carbocycles. The number of benzene rings is 1. The van der Waals surface area contributed by atoms with E-state index in [2.05, 4.69) is 35.4 Å². The molecule has 0 aliphatic carbocycles. The van der Waals surface area contributed by atoms with E-state index in [1.807, 2.05) is 24.3 Å². The van der Waals surface area contributed by atoms with Crippen molar-refractivity contribution in [2.24, 2.45) is 0 Å². The van der Waals surface area contributed by atoms with Crippen LogP contribution < -0.4 is 5.32 Å². The lowest BCUT2D eigenvalue weighted by atomic mass is 9.96. The predicted molar refractivity (Wildman–Crippen MR) is 77.9 cm³/mol. The predicted octanol–water partition coefficient (Wildman–Crippen LogP) is 4.32. The van der Waals surface area contributed by atoms with Gasteiger partial charge in [-0.3, -0.25) is 0 Å². The van der Waals surface area contributed by atoms with Crippen LogP contribution in [0.1, 0.15) is 32.2 Å². The van der Waals surface area contributed by atoms with E-state index in [4.69, 9.17) is 11.6 Å². The van der Waals surface area contributed by atoms with Gasteiger partial charge in [-0.25, -0.2) is 4.98 Å². The fraction of sp³-hybridized carbons (Fsp3) is 0.385. The van der Waals surface area contributed by atoms with E-state index in [1.165, 1.54) is 11.5 Å². The van der Waals surface area contributed by atoms with Gasteiger partial charge in [0.15, 0.2) is 0 Å². The van der Waals surface area contributed by atoms with Gasteiger partial charge in [-0.2, -0.15) is 4.37 Å². The summed E-state index contributed by atoms with van der Waals surface area (Å²) in [6.07, 6.45) is 0. The second-order valence-electron chi connectivity index (χ2n) is 5.13. The summed E-state index contributed by atoms with van der Waals surface area (Å²) in [6, 6.07) is 7.99. The maximum atomic E-state index is 5.81. The van der Waals surface area contributed by atoms with Gasteiger partial charge in [-0.15, -0.1) is 11.6 Å². The Labute approximate surface area is 116 Å². The molecule has 2 aromatic rings. The number of halogens is 1. The van der Waals surface area contributed by atoms with Gasteiger partial charge in [-0.1, -0.05) is 32.9 Å². The molecule has 5 heteroatoms. The Morgan fingerprint density at radius 2 is 2.11 bits per heavy atom. The molecule has 0 saturated heterocycles. The minimum atomic E-state index is -0.0194. The maximum absolute atomic E-state index is 5.81. The summed E-state index contributed by atoms with van der Waals surface area (Å²) >= 11 is 7.19. The zero-order valence-electron chi connectivity index (χ0n) is 10.7. The molecule has 0 bridgehead atoms. The third-order valence-electron chi connectivity index (χ3n) is 2.43. The van der Waals surface area contributed by atoms with Gasteiger partial charge in [-0.05, 0) is 17.7 Å². The summed E-state index contributed by atoms with van der Waals surface area (Å²) in [4.78, 5) is 4.50. The number of nitrogens with zero attached hydrogens (tertiary/aromatic N) is 2. The van der Waals surface area contributed by atoms with Crippen LogP contribution in [-0.4, -0.2) is 9.36 Å². The number of nitrogens with one attached hydrogen (secondary N) is 1. The van der Waals surface area contributed by atoms with Gasteiger partial charge < -0.3 is 5.32 Å². The highest BCUT2D eigenvalue weighted by Gasteiger charge is 2.19. The zero-order chi connectivity index (χ0) is 13.2. The van der Waals surface area contributed by atoms with Crippen LogP contribution in [0.15, 0.2) is 24.3 Å². The first-order valence-electron chi connectivity index (χ1n) is 5.75. The molecule has 0 atom stereocenters. The van der Waals surface area contributed by atoms with Crippen molar-refractivity contribution in [3.8, 4) is 0 Å². The first-order valence-corrected chi connectivity index (χ1v) is 7.06. The minimum Gasteiger partial charge on any atom is -0.330 e. The molecular weight excluding hydrogens is 266 g/mol. The van der Waals surface area contributed by atoms with Crippen molar-refractivity contribution < 1.29 is 0 Å². The van der Waals surface area contributed by atoms with Crippen LogP contribution in [-0.2, 0) is 11.3 Å². The highest BCUT2D eigenvalue weighted by Crippen LogP contribution is 2.25. The Morgan fingerprint density at radius 3 is 2.72 bits per heavy atom. The average molecular weight is 282 g/mol. The van der Waals surface area contributed by atoms with Gasteiger partial charge in [0.05, 0.1) is 0 Å². The van der Waals surface area contributed by atoms with Crippen LogP contribution in [0.5, 0.6) is 0 Å². The summed E-state index contributed by atoms with van der Waals surface area (Å²) in [7, 11) is 0. The third-order valence-corrected chi connectivity index (χ3v) is 3.37. The summed E-state index contributed by atoms with van der Waals surface area (Å²) in [5.74, 6) is 1.38. The minimum absolute atomic E-state index is 0.0194. The normalized spacial score (nSPS) is 11.6. The second kappa shape index (κ2) is 5.24. The van der Waals surface area contributed by atoms with Crippen LogP contribution >= 0.6 is 23.1 Å². The van der Waals surface area contributed by atoms with Crippen molar-refractivity contribution in [2.45, 2.75) is 32.1 Å². The molecule has 1 aromatic carbocycles. The van der Waals surface area contributed by atoms with E-state index in [-0.39, 0.29) is 5.41 Å². The highest BCUT2D eigenvalue weighted by molar-refractivity contribution is 7.09. The molecule has 1 heterocycles. The number of hydrogen-bond donors (Lipinski definition) is 1. The number of anilines is 2. The number of alkyl halides is 1. The van der Waals surface area contributed by atoms with Gasteiger partial charge in [0.1, 0.15) is 5.82 Å². The first kappa shape index (κ1) is 13.3. The van der Waals surface area contributed by atoms with Gasteiger partial charge >= 0.3 is 0 Å². The van der Waals surface area contributed by atoms with Crippen molar-refractivity contribution in [3.63, 3.8) is 0 Å². The number of hydrogen-bond acceptors (Lipinski definition) is 4. The SMILES string of the molecule is CC(C)(C)c1nsc(Nc2cccc(CCl)c2)n1. The molecule has 18 heavy (non-hydrogen) atoms. The van der Waals surface area contributed by atoms with Crippen LogP contribution in [0, 0.1) is 0 Å². The van der Waals surface area contributed by atoms with Crippen molar-refractivity contribution in [1.29, 1.82) is 0 Å². The summed E-state index contributed by atoms with van der Waals surface area (Å²) in [5, 5.41) is 4.07. The van der Waals surface area contributed by atoms with E-state index in [1.54, 1.807) is 0 Å². The molecule has 1 aromatic heterocycles. The smallest absolute Gasteiger partial charge is 0.207 e. The Kier molecular flexibility index (Phi) is 3.88. The zero-order valence-corrected chi connectivity index (χ0v) is 12.3. The fourth-order valence-corrected chi connectivity index (χ4v) is 2.38. The fourth-order valence-electron chi connectivity index (χ4n) is 1.43. The molecule has 0 amide bonds. The standard InChI is InChI=1S/C13H16ClN3S/c1-13(2,3)11-16-12(18-17-11)15-10-6-4-5-9(7-10)8-14/h4-7H,8H2,1-3H3,(H,15,16,17). The van der Waals surface area contributed by atoms with E-state index >= 15 is 0 Å². The van der Waals surface area contributed by atoms with Gasteiger partial charge in [0.25, 0.3) is 0 Å². The second-order valence-corrected chi connectivity index (χ2v) is 6.15. The molecule has 96 valence electrons. The molecule has 3 nitrogen and oxygen atoms in total.